The lowest BCUT2D eigenvalue weighted by Crippen LogP contribution is -2.14. The van der Waals surface area contributed by atoms with Gasteiger partial charge < -0.3 is 5.73 Å². The molecule has 0 bridgehead atoms. The van der Waals surface area contributed by atoms with Crippen molar-refractivity contribution < 1.29 is 13.2 Å². The SMILES string of the molecule is NC(Cc1cccc(Cl)c1)c1ccc(C(F)(F)F)cc1. The van der Waals surface area contributed by atoms with Crippen LogP contribution < -0.4 is 5.73 Å². The summed E-state index contributed by atoms with van der Waals surface area (Å²) in [6.07, 6.45) is -3.80. The lowest BCUT2D eigenvalue weighted by atomic mass is 9.99. The molecule has 2 N–H and O–H groups in total. The summed E-state index contributed by atoms with van der Waals surface area (Å²) in [4.78, 5) is 0. The van der Waals surface area contributed by atoms with Crippen LogP contribution in [0.25, 0.3) is 0 Å². The van der Waals surface area contributed by atoms with E-state index in [1.165, 1.54) is 12.1 Å². The van der Waals surface area contributed by atoms with Gasteiger partial charge in [0.25, 0.3) is 0 Å². The van der Waals surface area contributed by atoms with E-state index in [-0.39, 0.29) is 6.04 Å². The smallest absolute Gasteiger partial charge is 0.324 e. The second kappa shape index (κ2) is 5.85. The topological polar surface area (TPSA) is 26.0 Å². The van der Waals surface area contributed by atoms with Gasteiger partial charge in [-0.15, -0.1) is 0 Å². The second-order valence-electron chi connectivity index (χ2n) is 4.56. The summed E-state index contributed by atoms with van der Waals surface area (Å²) < 4.78 is 37.4. The first-order valence-corrected chi connectivity index (χ1v) is 6.41. The molecule has 0 spiro atoms. The molecule has 0 amide bonds. The third-order valence-electron chi connectivity index (χ3n) is 3.01. The Labute approximate surface area is 120 Å². The molecule has 106 valence electrons. The van der Waals surface area contributed by atoms with E-state index in [1.54, 1.807) is 12.1 Å². The van der Waals surface area contributed by atoms with Crippen LogP contribution in [0.5, 0.6) is 0 Å². The molecular weight excluding hydrogens is 287 g/mol. The Hall–Kier alpha value is -1.52. The van der Waals surface area contributed by atoms with Crippen molar-refractivity contribution in [1.82, 2.24) is 0 Å². The van der Waals surface area contributed by atoms with Gasteiger partial charge >= 0.3 is 6.18 Å². The van der Waals surface area contributed by atoms with Crippen LogP contribution in [0.2, 0.25) is 5.02 Å². The quantitative estimate of drug-likeness (QED) is 0.880. The van der Waals surface area contributed by atoms with Crippen molar-refractivity contribution in [2.45, 2.75) is 18.6 Å². The summed E-state index contributed by atoms with van der Waals surface area (Å²) in [5.74, 6) is 0. The van der Waals surface area contributed by atoms with Gasteiger partial charge in [0.2, 0.25) is 0 Å². The molecule has 0 aromatic heterocycles. The molecular formula is C15H13ClF3N. The van der Waals surface area contributed by atoms with Crippen molar-refractivity contribution in [1.29, 1.82) is 0 Å². The van der Waals surface area contributed by atoms with E-state index in [2.05, 4.69) is 0 Å². The van der Waals surface area contributed by atoms with E-state index in [9.17, 15) is 13.2 Å². The summed E-state index contributed by atoms with van der Waals surface area (Å²) in [5, 5.41) is 0.613. The van der Waals surface area contributed by atoms with Crippen LogP contribution in [0.1, 0.15) is 22.7 Å². The number of nitrogens with two attached hydrogens (primary N) is 1. The van der Waals surface area contributed by atoms with Crippen LogP contribution in [0.4, 0.5) is 13.2 Å². The van der Waals surface area contributed by atoms with Gasteiger partial charge in [0.15, 0.2) is 0 Å². The van der Waals surface area contributed by atoms with Crippen LogP contribution >= 0.6 is 11.6 Å². The van der Waals surface area contributed by atoms with Gasteiger partial charge in [-0.05, 0) is 41.8 Å². The molecule has 1 atom stereocenters. The number of alkyl halides is 3. The molecule has 2 aromatic rings. The first kappa shape index (κ1) is 14.9. The second-order valence-corrected chi connectivity index (χ2v) is 5.00. The van der Waals surface area contributed by atoms with E-state index in [4.69, 9.17) is 17.3 Å². The van der Waals surface area contributed by atoms with E-state index >= 15 is 0 Å². The van der Waals surface area contributed by atoms with Gasteiger partial charge in [-0.3, -0.25) is 0 Å². The summed E-state index contributed by atoms with van der Waals surface area (Å²) in [7, 11) is 0. The molecule has 0 fully saturated rings. The van der Waals surface area contributed by atoms with Gasteiger partial charge in [0.05, 0.1) is 5.56 Å². The van der Waals surface area contributed by atoms with E-state index in [0.717, 1.165) is 17.7 Å². The normalized spacial score (nSPS) is 13.2. The predicted octanol–water partition coefficient (Wildman–Crippen LogP) is 4.60. The minimum absolute atomic E-state index is 0.365. The summed E-state index contributed by atoms with van der Waals surface area (Å²) in [5.41, 5.74) is 6.96. The lowest BCUT2D eigenvalue weighted by molar-refractivity contribution is -0.137. The van der Waals surface area contributed by atoms with Crippen LogP contribution in [-0.2, 0) is 12.6 Å². The first-order valence-electron chi connectivity index (χ1n) is 6.03. The fraction of sp³-hybridized carbons (Fsp3) is 0.200. The molecule has 2 aromatic carbocycles. The van der Waals surface area contributed by atoms with Gasteiger partial charge in [-0.2, -0.15) is 13.2 Å². The molecule has 0 saturated heterocycles. The minimum atomic E-state index is -4.32. The monoisotopic (exact) mass is 299 g/mol. The zero-order chi connectivity index (χ0) is 14.8. The van der Waals surface area contributed by atoms with Crippen molar-refractivity contribution in [2.24, 2.45) is 5.73 Å². The summed E-state index contributed by atoms with van der Waals surface area (Å²) in [6, 6.07) is 11.8. The average Bonchev–Trinajstić information content (AvgIpc) is 2.38. The Morgan fingerprint density at radius 3 is 2.25 bits per heavy atom. The zero-order valence-corrected chi connectivity index (χ0v) is 11.2. The standard InChI is InChI=1S/C15H13ClF3N/c16-13-3-1-2-10(8-13)9-14(20)11-4-6-12(7-5-11)15(17,18)19/h1-8,14H,9,20H2. The Morgan fingerprint density at radius 2 is 1.70 bits per heavy atom. The maximum Gasteiger partial charge on any atom is 0.416 e. The number of halogens is 4. The van der Waals surface area contributed by atoms with E-state index < -0.39 is 11.7 Å². The van der Waals surface area contributed by atoms with Crippen LogP contribution in [-0.4, -0.2) is 0 Å². The maximum atomic E-state index is 12.5. The van der Waals surface area contributed by atoms with Crippen molar-refractivity contribution in [3.63, 3.8) is 0 Å². The third kappa shape index (κ3) is 3.74. The third-order valence-corrected chi connectivity index (χ3v) is 3.25. The molecule has 0 aliphatic carbocycles. The highest BCUT2D eigenvalue weighted by atomic mass is 35.5. The molecule has 0 radical (unpaired) electrons. The van der Waals surface area contributed by atoms with E-state index in [1.807, 2.05) is 12.1 Å². The maximum absolute atomic E-state index is 12.5. The van der Waals surface area contributed by atoms with Gasteiger partial charge in [-0.1, -0.05) is 35.9 Å². The zero-order valence-electron chi connectivity index (χ0n) is 10.5. The van der Waals surface area contributed by atoms with Crippen molar-refractivity contribution in [3.8, 4) is 0 Å². The Morgan fingerprint density at radius 1 is 1.05 bits per heavy atom. The highest BCUT2D eigenvalue weighted by molar-refractivity contribution is 6.30. The molecule has 0 saturated carbocycles. The number of rotatable bonds is 3. The van der Waals surface area contributed by atoms with Gasteiger partial charge in [0, 0.05) is 11.1 Å². The lowest BCUT2D eigenvalue weighted by Gasteiger charge is -2.14. The Kier molecular flexibility index (Phi) is 4.35. The van der Waals surface area contributed by atoms with Gasteiger partial charge in [-0.25, -0.2) is 0 Å². The molecule has 0 heterocycles. The molecule has 0 aliphatic rings. The Balaban J connectivity index is 2.11. The molecule has 1 unspecified atom stereocenters. The summed E-state index contributed by atoms with van der Waals surface area (Å²) in [6.45, 7) is 0. The highest BCUT2D eigenvalue weighted by Gasteiger charge is 2.30. The fourth-order valence-electron chi connectivity index (χ4n) is 1.96. The van der Waals surface area contributed by atoms with Crippen molar-refractivity contribution >= 4 is 11.6 Å². The average molecular weight is 300 g/mol. The predicted molar refractivity (Wildman–Crippen MR) is 73.5 cm³/mol. The molecule has 2 rings (SSSR count). The van der Waals surface area contributed by atoms with Crippen LogP contribution in [0.15, 0.2) is 48.5 Å². The minimum Gasteiger partial charge on any atom is -0.324 e. The molecule has 1 nitrogen and oxygen atoms in total. The Bertz CT molecular complexity index is 578. The molecule has 5 heteroatoms. The molecule has 20 heavy (non-hydrogen) atoms. The number of hydrogen-bond donors (Lipinski definition) is 1. The van der Waals surface area contributed by atoms with Crippen molar-refractivity contribution in [3.05, 3.63) is 70.2 Å². The summed E-state index contributed by atoms with van der Waals surface area (Å²) >= 11 is 5.88. The largest absolute Gasteiger partial charge is 0.416 e. The van der Waals surface area contributed by atoms with E-state index in [0.29, 0.717) is 17.0 Å². The van der Waals surface area contributed by atoms with Gasteiger partial charge in [0.1, 0.15) is 0 Å². The fourth-order valence-corrected chi connectivity index (χ4v) is 2.17. The van der Waals surface area contributed by atoms with Crippen molar-refractivity contribution in [2.75, 3.05) is 0 Å². The number of hydrogen-bond acceptors (Lipinski definition) is 1. The number of benzene rings is 2. The first-order chi connectivity index (χ1) is 9.36. The molecule has 0 aliphatic heterocycles. The highest BCUT2D eigenvalue weighted by Crippen LogP contribution is 2.30. The van der Waals surface area contributed by atoms with Crippen LogP contribution in [0.3, 0.4) is 0 Å². The van der Waals surface area contributed by atoms with Crippen LogP contribution in [0, 0.1) is 0 Å².